The standard InChI is InChI=1S/C24H26N2O7S/c1-5-32-19-9-7-16(11-21(19)31-4)24-26-17(14-34-24)13-33-22(27)12-25-23(28)15-6-8-18(29-2)20(10-15)30-3/h6-11,14H,5,12-13H2,1-4H3,(H,25,28). The lowest BCUT2D eigenvalue weighted by molar-refractivity contribution is -0.143. The molecule has 9 nitrogen and oxygen atoms in total. The molecule has 3 rings (SSSR count). The van der Waals surface area contributed by atoms with Gasteiger partial charge in [-0.2, -0.15) is 0 Å². The molecular weight excluding hydrogens is 460 g/mol. The molecule has 0 saturated heterocycles. The van der Waals surface area contributed by atoms with E-state index < -0.39 is 11.9 Å². The first-order chi connectivity index (χ1) is 16.5. The summed E-state index contributed by atoms with van der Waals surface area (Å²) in [6.45, 7) is 2.16. The quantitative estimate of drug-likeness (QED) is 0.409. The minimum Gasteiger partial charge on any atom is -0.493 e. The fraction of sp³-hybridized carbons (Fsp3) is 0.292. The van der Waals surface area contributed by atoms with Gasteiger partial charge in [-0.1, -0.05) is 0 Å². The number of nitrogens with one attached hydrogen (secondary N) is 1. The summed E-state index contributed by atoms with van der Waals surface area (Å²) in [6, 6.07) is 10.3. The number of hydrogen-bond acceptors (Lipinski definition) is 9. The van der Waals surface area contributed by atoms with E-state index in [-0.39, 0.29) is 13.2 Å². The van der Waals surface area contributed by atoms with E-state index in [1.807, 2.05) is 30.5 Å². The van der Waals surface area contributed by atoms with Gasteiger partial charge in [0.2, 0.25) is 0 Å². The van der Waals surface area contributed by atoms with Gasteiger partial charge >= 0.3 is 5.97 Å². The second-order valence-corrected chi connectivity index (χ2v) is 7.71. The number of methoxy groups -OCH3 is 3. The summed E-state index contributed by atoms with van der Waals surface area (Å²) in [7, 11) is 4.57. The van der Waals surface area contributed by atoms with Gasteiger partial charge in [0, 0.05) is 16.5 Å². The fourth-order valence-electron chi connectivity index (χ4n) is 3.02. The molecule has 0 bridgehead atoms. The lowest BCUT2D eigenvalue weighted by Gasteiger charge is -2.10. The highest BCUT2D eigenvalue weighted by molar-refractivity contribution is 7.13. The van der Waals surface area contributed by atoms with E-state index in [1.54, 1.807) is 19.2 Å². The second-order valence-electron chi connectivity index (χ2n) is 6.86. The molecule has 0 fully saturated rings. The Morgan fingerprint density at radius 3 is 2.35 bits per heavy atom. The summed E-state index contributed by atoms with van der Waals surface area (Å²) in [5.41, 5.74) is 1.80. The van der Waals surface area contributed by atoms with Gasteiger partial charge in [-0.05, 0) is 43.3 Å². The zero-order valence-electron chi connectivity index (χ0n) is 19.4. The van der Waals surface area contributed by atoms with Crippen molar-refractivity contribution >= 4 is 23.2 Å². The van der Waals surface area contributed by atoms with E-state index in [1.165, 1.54) is 31.6 Å². The van der Waals surface area contributed by atoms with Gasteiger partial charge in [-0.15, -0.1) is 11.3 Å². The first-order valence-corrected chi connectivity index (χ1v) is 11.3. The average molecular weight is 487 g/mol. The van der Waals surface area contributed by atoms with Crippen LogP contribution in [0.15, 0.2) is 41.8 Å². The van der Waals surface area contributed by atoms with Crippen molar-refractivity contribution in [1.82, 2.24) is 10.3 Å². The Balaban J connectivity index is 1.53. The smallest absolute Gasteiger partial charge is 0.325 e. The Bertz CT molecular complexity index is 1150. The molecule has 0 atom stereocenters. The minimum atomic E-state index is -0.578. The summed E-state index contributed by atoms with van der Waals surface area (Å²) in [6.07, 6.45) is 0. The van der Waals surface area contributed by atoms with Crippen LogP contribution in [0.2, 0.25) is 0 Å². The van der Waals surface area contributed by atoms with Crippen LogP contribution in [0.3, 0.4) is 0 Å². The third-order valence-electron chi connectivity index (χ3n) is 4.68. The molecular formula is C24H26N2O7S. The number of amides is 1. The van der Waals surface area contributed by atoms with Crippen LogP contribution in [0.5, 0.6) is 23.0 Å². The summed E-state index contributed by atoms with van der Waals surface area (Å²) in [5, 5.41) is 5.10. The number of ether oxygens (including phenoxy) is 5. The van der Waals surface area contributed by atoms with Crippen LogP contribution in [-0.2, 0) is 16.1 Å². The Kier molecular flexibility index (Phi) is 8.69. The molecule has 0 saturated carbocycles. The van der Waals surface area contributed by atoms with E-state index in [9.17, 15) is 9.59 Å². The Morgan fingerprint density at radius 2 is 1.65 bits per heavy atom. The molecule has 180 valence electrons. The van der Waals surface area contributed by atoms with Crippen molar-refractivity contribution in [3.05, 3.63) is 53.0 Å². The molecule has 0 aliphatic carbocycles. The molecule has 0 spiro atoms. The zero-order valence-corrected chi connectivity index (χ0v) is 20.2. The number of nitrogens with zero attached hydrogens (tertiary/aromatic N) is 1. The maximum Gasteiger partial charge on any atom is 0.325 e. The van der Waals surface area contributed by atoms with Gasteiger partial charge in [0.1, 0.15) is 18.2 Å². The maximum atomic E-state index is 12.3. The monoisotopic (exact) mass is 486 g/mol. The molecule has 2 aromatic carbocycles. The predicted octanol–water partition coefficient (Wildman–Crippen LogP) is 3.71. The molecule has 0 aliphatic rings. The van der Waals surface area contributed by atoms with Crippen LogP contribution >= 0.6 is 11.3 Å². The van der Waals surface area contributed by atoms with E-state index in [0.29, 0.717) is 40.9 Å². The fourth-order valence-corrected chi connectivity index (χ4v) is 3.82. The van der Waals surface area contributed by atoms with Crippen LogP contribution in [-0.4, -0.2) is 51.3 Å². The maximum absolute atomic E-state index is 12.3. The molecule has 1 N–H and O–H groups in total. The largest absolute Gasteiger partial charge is 0.493 e. The van der Waals surface area contributed by atoms with Crippen LogP contribution in [0.25, 0.3) is 10.6 Å². The summed E-state index contributed by atoms with van der Waals surface area (Å²) in [5.74, 6) is 1.19. The van der Waals surface area contributed by atoms with Crippen molar-refractivity contribution in [3.8, 4) is 33.6 Å². The van der Waals surface area contributed by atoms with Crippen LogP contribution in [0, 0.1) is 0 Å². The summed E-state index contributed by atoms with van der Waals surface area (Å²) >= 11 is 1.42. The highest BCUT2D eigenvalue weighted by Gasteiger charge is 2.14. The average Bonchev–Trinajstić information content (AvgIpc) is 3.35. The van der Waals surface area contributed by atoms with Crippen molar-refractivity contribution in [2.75, 3.05) is 34.5 Å². The van der Waals surface area contributed by atoms with Gasteiger partial charge in [0.15, 0.2) is 23.0 Å². The SMILES string of the molecule is CCOc1ccc(-c2nc(COC(=O)CNC(=O)c3ccc(OC)c(OC)c3)cs2)cc1OC. The molecule has 10 heteroatoms. The van der Waals surface area contributed by atoms with Crippen LogP contribution < -0.4 is 24.3 Å². The van der Waals surface area contributed by atoms with Crippen molar-refractivity contribution in [1.29, 1.82) is 0 Å². The Hall–Kier alpha value is -3.79. The number of benzene rings is 2. The number of carbonyl (C=O) groups is 2. The lowest BCUT2D eigenvalue weighted by atomic mass is 10.2. The number of carbonyl (C=O) groups excluding carboxylic acids is 2. The molecule has 0 unspecified atom stereocenters. The predicted molar refractivity (Wildman–Crippen MR) is 127 cm³/mol. The van der Waals surface area contributed by atoms with Crippen LogP contribution in [0.4, 0.5) is 0 Å². The van der Waals surface area contributed by atoms with Crippen molar-refractivity contribution < 1.29 is 33.3 Å². The first-order valence-electron chi connectivity index (χ1n) is 10.4. The topological polar surface area (TPSA) is 105 Å². The second kappa shape index (κ2) is 11.9. The van der Waals surface area contributed by atoms with E-state index in [0.717, 1.165) is 10.6 Å². The highest BCUT2D eigenvalue weighted by atomic mass is 32.1. The van der Waals surface area contributed by atoms with Crippen molar-refractivity contribution in [3.63, 3.8) is 0 Å². The summed E-state index contributed by atoms with van der Waals surface area (Å²) < 4.78 is 26.5. The Labute approximate surface area is 201 Å². The Morgan fingerprint density at radius 1 is 0.941 bits per heavy atom. The number of hydrogen-bond donors (Lipinski definition) is 1. The number of aromatic nitrogens is 1. The normalized spacial score (nSPS) is 10.4. The van der Waals surface area contributed by atoms with Gasteiger partial charge in [-0.3, -0.25) is 9.59 Å². The van der Waals surface area contributed by atoms with Gasteiger partial charge in [0.05, 0.1) is 33.6 Å². The van der Waals surface area contributed by atoms with E-state index in [2.05, 4.69) is 10.3 Å². The van der Waals surface area contributed by atoms with Crippen molar-refractivity contribution in [2.24, 2.45) is 0 Å². The van der Waals surface area contributed by atoms with Gasteiger partial charge in [-0.25, -0.2) is 4.98 Å². The molecule has 0 radical (unpaired) electrons. The highest BCUT2D eigenvalue weighted by Crippen LogP contribution is 2.34. The van der Waals surface area contributed by atoms with Crippen molar-refractivity contribution in [2.45, 2.75) is 13.5 Å². The molecule has 3 aromatic rings. The summed E-state index contributed by atoms with van der Waals surface area (Å²) in [4.78, 5) is 28.9. The number of rotatable bonds is 11. The molecule has 34 heavy (non-hydrogen) atoms. The number of esters is 1. The molecule has 1 aromatic heterocycles. The van der Waals surface area contributed by atoms with Gasteiger partial charge < -0.3 is 29.0 Å². The molecule has 0 aliphatic heterocycles. The molecule has 1 amide bonds. The third-order valence-corrected chi connectivity index (χ3v) is 5.62. The van der Waals surface area contributed by atoms with Crippen LogP contribution in [0.1, 0.15) is 23.0 Å². The number of thiazole rings is 1. The third kappa shape index (κ3) is 6.16. The minimum absolute atomic E-state index is 0.00424. The van der Waals surface area contributed by atoms with E-state index in [4.69, 9.17) is 23.7 Å². The molecule has 1 heterocycles. The first kappa shape index (κ1) is 24.8. The lowest BCUT2D eigenvalue weighted by Crippen LogP contribution is -2.30. The van der Waals surface area contributed by atoms with Gasteiger partial charge in [0.25, 0.3) is 5.91 Å². The van der Waals surface area contributed by atoms with E-state index >= 15 is 0 Å². The zero-order chi connectivity index (χ0) is 24.5.